The fourth-order valence-corrected chi connectivity index (χ4v) is 2.93. The molecule has 110 valence electrons. The van der Waals surface area contributed by atoms with Crippen molar-refractivity contribution in [3.8, 4) is 0 Å². The van der Waals surface area contributed by atoms with Crippen LogP contribution in [0.4, 0.5) is 0 Å². The van der Waals surface area contributed by atoms with E-state index in [-0.39, 0.29) is 24.7 Å². The summed E-state index contributed by atoms with van der Waals surface area (Å²) in [5, 5.41) is 12.2. The molecule has 1 amide bonds. The highest BCUT2D eigenvalue weighted by Crippen LogP contribution is 2.18. The van der Waals surface area contributed by atoms with Gasteiger partial charge in [-0.1, -0.05) is 0 Å². The number of carbonyl (C=O) groups is 1. The molecule has 2 saturated heterocycles. The standard InChI is InChI=1S/C14H26N2O3/c1-11(16-6-2-4-12(9-16)10-17)14(18)15-8-13-5-3-7-19-13/h11-13,17H,2-10H2,1H3,(H,15,18). The van der Waals surface area contributed by atoms with Crippen LogP contribution in [0.2, 0.25) is 0 Å². The fourth-order valence-electron chi connectivity index (χ4n) is 2.93. The lowest BCUT2D eigenvalue weighted by atomic mass is 9.97. The summed E-state index contributed by atoms with van der Waals surface area (Å²) < 4.78 is 5.50. The van der Waals surface area contributed by atoms with Crippen molar-refractivity contribution in [3.63, 3.8) is 0 Å². The summed E-state index contributed by atoms with van der Waals surface area (Å²) in [5.74, 6) is 0.399. The van der Waals surface area contributed by atoms with Crippen molar-refractivity contribution in [1.29, 1.82) is 0 Å². The van der Waals surface area contributed by atoms with Crippen LogP contribution >= 0.6 is 0 Å². The molecule has 3 unspecified atom stereocenters. The van der Waals surface area contributed by atoms with Crippen LogP contribution in [0.5, 0.6) is 0 Å². The van der Waals surface area contributed by atoms with E-state index in [0.29, 0.717) is 12.5 Å². The van der Waals surface area contributed by atoms with Crippen LogP contribution in [0, 0.1) is 5.92 Å². The van der Waals surface area contributed by atoms with Gasteiger partial charge in [0.05, 0.1) is 12.1 Å². The van der Waals surface area contributed by atoms with E-state index in [1.54, 1.807) is 0 Å². The number of piperidine rings is 1. The second kappa shape index (κ2) is 7.22. The minimum atomic E-state index is -0.115. The number of rotatable bonds is 5. The Bertz CT molecular complexity index is 292. The zero-order valence-corrected chi connectivity index (χ0v) is 11.8. The van der Waals surface area contributed by atoms with Crippen molar-refractivity contribution in [1.82, 2.24) is 10.2 Å². The van der Waals surface area contributed by atoms with Gasteiger partial charge < -0.3 is 15.2 Å². The van der Waals surface area contributed by atoms with Crippen LogP contribution in [0.1, 0.15) is 32.6 Å². The average molecular weight is 270 g/mol. The van der Waals surface area contributed by atoms with Gasteiger partial charge in [-0.05, 0) is 45.1 Å². The van der Waals surface area contributed by atoms with Gasteiger partial charge in [0.15, 0.2) is 0 Å². The normalized spacial score (nSPS) is 30.2. The Balaban J connectivity index is 1.74. The highest BCUT2D eigenvalue weighted by Gasteiger charge is 2.27. The molecule has 2 aliphatic rings. The van der Waals surface area contributed by atoms with E-state index >= 15 is 0 Å². The maximum atomic E-state index is 12.1. The van der Waals surface area contributed by atoms with Gasteiger partial charge in [-0.3, -0.25) is 9.69 Å². The number of ether oxygens (including phenoxy) is 1. The number of aliphatic hydroxyl groups excluding tert-OH is 1. The van der Waals surface area contributed by atoms with E-state index in [0.717, 1.165) is 45.4 Å². The number of amides is 1. The van der Waals surface area contributed by atoms with Gasteiger partial charge in [0.1, 0.15) is 0 Å². The van der Waals surface area contributed by atoms with E-state index in [2.05, 4.69) is 10.2 Å². The molecule has 0 spiro atoms. The number of hydrogen-bond acceptors (Lipinski definition) is 4. The Labute approximate surface area is 115 Å². The lowest BCUT2D eigenvalue weighted by molar-refractivity contribution is -0.127. The molecule has 19 heavy (non-hydrogen) atoms. The minimum Gasteiger partial charge on any atom is -0.396 e. The molecule has 2 N–H and O–H groups in total. The molecule has 0 saturated carbocycles. The van der Waals surface area contributed by atoms with Gasteiger partial charge in [0.25, 0.3) is 0 Å². The van der Waals surface area contributed by atoms with Crippen LogP contribution in [0.25, 0.3) is 0 Å². The molecule has 5 heteroatoms. The van der Waals surface area contributed by atoms with Crippen molar-refractivity contribution < 1.29 is 14.6 Å². The third-order valence-electron chi connectivity index (χ3n) is 4.26. The molecule has 0 radical (unpaired) electrons. The number of carbonyl (C=O) groups excluding carboxylic acids is 1. The van der Waals surface area contributed by atoms with E-state index in [4.69, 9.17) is 4.74 Å². The van der Waals surface area contributed by atoms with Crippen molar-refractivity contribution in [2.75, 3.05) is 32.8 Å². The zero-order valence-electron chi connectivity index (χ0n) is 11.8. The number of aliphatic hydroxyl groups is 1. The Morgan fingerprint density at radius 2 is 2.32 bits per heavy atom. The number of nitrogens with one attached hydrogen (secondary N) is 1. The molecule has 2 fully saturated rings. The maximum Gasteiger partial charge on any atom is 0.237 e. The second-order valence-electron chi connectivity index (χ2n) is 5.74. The summed E-state index contributed by atoms with van der Waals surface area (Å²) in [4.78, 5) is 14.3. The van der Waals surface area contributed by atoms with Crippen molar-refractivity contribution in [3.05, 3.63) is 0 Å². The first-order chi connectivity index (χ1) is 9.20. The smallest absolute Gasteiger partial charge is 0.237 e. The summed E-state index contributed by atoms with van der Waals surface area (Å²) in [6.07, 6.45) is 4.47. The molecule has 2 aliphatic heterocycles. The van der Waals surface area contributed by atoms with Crippen LogP contribution < -0.4 is 5.32 Å². The SMILES string of the molecule is CC(C(=O)NCC1CCCO1)N1CCCC(CO)C1. The Morgan fingerprint density at radius 1 is 1.47 bits per heavy atom. The molecule has 0 bridgehead atoms. The minimum absolute atomic E-state index is 0.0779. The van der Waals surface area contributed by atoms with Gasteiger partial charge in [-0.2, -0.15) is 0 Å². The molecular weight excluding hydrogens is 244 g/mol. The number of nitrogens with zero attached hydrogens (tertiary/aromatic N) is 1. The molecule has 2 heterocycles. The fraction of sp³-hybridized carbons (Fsp3) is 0.929. The number of hydrogen-bond donors (Lipinski definition) is 2. The summed E-state index contributed by atoms with van der Waals surface area (Å²) in [5.41, 5.74) is 0. The third-order valence-corrected chi connectivity index (χ3v) is 4.26. The predicted octanol–water partition coefficient (Wildman–Crippen LogP) is 0.374. The highest BCUT2D eigenvalue weighted by atomic mass is 16.5. The molecule has 5 nitrogen and oxygen atoms in total. The van der Waals surface area contributed by atoms with Crippen molar-refractivity contribution in [2.45, 2.75) is 44.8 Å². The zero-order chi connectivity index (χ0) is 13.7. The van der Waals surface area contributed by atoms with E-state index in [1.165, 1.54) is 0 Å². The van der Waals surface area contributed by atoms with Crippen LogP contribution in [0.15, 0.2) is 0 Å². The van der Waals surface area contributed by atoms with Gasteiger partial charge in [0, 0.05) is 26.3 Å². The first kappa shape index (κ1) is 14.8. The maximum absolute atomic E-state index is 12.1. The van der Waals surface area contributed by atoms with E-state index in [9.17, 15) is 9.90 Å². The summed E-state index contributed by atoms with van der Waals surface area (Å²) in [7, 11) is 0. The van der Waals surface area contributed by atoms with Gasteiger partial charge >= 0.3 is 0 Å². The van der Waals surface area contributed by atoms with Crippen LogP contribution in [-0.4, -0.2) is 60.9 Å². The average Bonchev–Trinajstić information content (AvgIpc) is 2.97. The first-order valence-electron chi connectivity index (χ1n) is 7.45. The molecule has 3 atom stereocenters. The van der Waals surface area contributed by atoms with Gasteiger partial charge in [0.2, 0.25) is 5.91 Å². The van der Waals surface area contributed by atoms with E-state index < -0.39 is 0 Å². The molecule has 0 aromatic heterocycles. The predicted molar refractivity (Wildman–Crippen MR) is 72.8 cm³/mol. The van der Waals surface area contributed by atoms with E-state index in [1.807, 2.05) is 6.92 Å². The van der Waals surface area contributed by atoms with Crippen molar-refractivity contribution >= 4 is 5.91 Å². The summed E-state index contributed by atoms with van der Waals surface area (Å²) in [6.45, 7) is 5.39. The third kappa shape index (κ3) is 4.16. The first-order valence-corrected chi connectivity index (χ1v) is 7.45. The molecule has 2 rings (SSSR count). The molecule has 0 aromatic carbocycles. The summed E-state index contributed by atoms with van der Waals surface area (Å²) >= 11 is 0. The molecular formula is C14H26N2O3. The lowest BCUT2D eigenvalue weighted by Gasteiger charge is -2.35. The Hall–Kier alpha value is -0.650. The Kier molecular flexibility index (Phi) is 5.60. The Morgan fingerprint density at radius 3 is 3.00 bits per heavy atom. The largest absolute Gasteiger partial charge is 0.396 e. The monoisotopic (exact) mass is 270 g/mol. The second-order valence-corrected chi connectivity index (χ2v) is 5.74. The van der Waals surface area contributed by atoms with Gasteiger partial charge in [-0.15, -0.1) is 0 Å². The van der Waals surface area contributed by atoms with Crippen LogP contribution in [-0.2, 0) is 9.53 Å². The quantitative estimate of drug-likeness (QED) is 0.758. The topological polar surface area (TPSA) is 61.8 Å². The molecule has 0 aliphatic carbocycles. The molecule has 0 aromatic rings. The van der Waals surface area contributed by atoms with Gasteiger partial charge in [-0.25, -0.2) is 0 Å². The summed E-state index contributed by atoms with van der Waals surface area (Å²) in [6, 6.07) is -0.115. The van der Waals surface area contributed by atoms with Crippen LogP contribution in [0.3, 0.4) is 0 Å². The highest BCUT2D eigenvalue weighted by molar-refractivity contribution is 5.81. The van der Waals surface area contributed by atoms with Crippen molar-refractivity contribution in [2.24, 2.45) is 5.92 Å². The lowest BCUT2D eigenvalue weighted by Crippen LogP contribution is -2.50. The number of likely N-dealkylation sites (tertiary alicyclic amines) is 1.